The molecule has 1 fully saturated rings. The minimum atomic E-state index is -3.59. The van der Waals surface area contributed by atoms with Gasteiger partial charge in [-0.05, 0) is 50.3 Å². The van der Waals surface area contributed by atoms with Gasteiger partial charge in [0.15, 0.2) is 0 Å². The van der Waals surface area contributed by atoms with Gasteiger partial charge in [0, 0.05) is 12.1 Å². The summed E-state index contributed by atoms with van der Waals surface area (Å²) >= 11 is 6.04. The molecule has 0 aromatic heterocycles. The Balaban J connectivity index is 2.21. The van der Waals surface area contributed by atoms with Gasteiger partial charge in [-0.3, -0.25) is 0 Å². The summed E-state index contributed by atoms with van der Waals surface area (Å²) in [5.41, 5.74) is 6.45. The summed E-state index contributed by atoms with van der Waals surface area (Å²) in [6.07, 6.45) is 3.22. The molecule has 1 saturated carbocycles. The van der Waals surface area contributed by atoms with Crippen LogP contribution in [0.2, 0.25) is 5.02 Å². The van der Waals surface area contributed by atoms with Crippen LogP contribution in [-0.4, -0.2) is 27.6 Å². The van der Waals surface area contributed by atoms with E-state index < -0.39 is 10.0 Å². The Kier molecular flexibility index (Phi) is 5.14. The molecule has 0 saturated heterocycles. The topological polar surface area (TPSA) is 81.4 Å². The summed E-state index contributed by atoms with van der Waals surface area (Å²) in [5.74, 6) is 0.469. The van der Waals surface area contributed by atoms with Gasteiger partial charge < -0.3 is 10.5 Å². The maximum absolute atomic E-state index is 12.5. The Hall–Kier alpha value is -0.820. The molecule has 0 atom stereocenters. The molecule has 1 aromatic carbocycles. The molecule has 0 bridgehead atoms. The van der Waals surface area contributed by atoms with E-state index in [0.29, 0.717) is 11.3 Å². The molecule has 21 heavy (non-hydrogen) atoms. The number of nitrogens with one attached hydrogen (secondary N) is 1. The summed E-state index contributed by atoms with van der Waals surface area (Å²) in [6.45, 7) is 1.73. The first-order valence-corrected chi connectivity index (χ1v) is 8.81. The van der Waals surface area contributed by atoms with Gasteiger partial charge in [-0.2, -0.15) is 0 Å². The van der Waals surface area contributed by atoms with E-state index in [1.54, 1.807) is 13.0 Å². The molecular weight excluding hydrogens is 312 g/mol. The van der Waals surface area contributed by atoms with Gasteiger partial charge in [-0.15, -0.1) is 0 Å². The Bertz CT molecular complexity index is 611. The minimum absolute atomic E-state index is 0.0601. The van der Waals surface area contributed by atoms with Crippen LogP contribution in [0.5, 0.6) is 5.75 Å². The smallest absolute Gasteiger partial charge is 0.241 e. The lowest BCUT2D eigenvalue weighted by Gasteiger charge is -2.27. The van der Waals surface area contributed by atoms with Gasteiger partial charge in [-0.1, -0.05) is 11.6 Å². The van der Waals surface area contributed by atoms with Crippen LogP contribution in [0.15, 0.2) is 17.0 Å². The second-order valence-electron chi connectivity index (χ2n) is 5.49. The highest BCUT2D eigenvalue weighted by Crippen LogP contribution is 2.30. The molecule has 3 N–H and O–H groups in total. The van der Waals surface area contributed by atoms with Crippen LogP contribution in [-0.2, 0) is 10.0 Å². The van der Waals surface area contributed by atoms with E-state index in [1.165, 1.54) is 13.2 Å². The van der Waals surface area contributed by atoms with Gasteiger partial charge in [0.2, 0.25) is 10.0 Å². The fourth-order valence-corrected chi connectivity index (χ4v) is 4.47. The molecule has 0 heterocycles. The van der Waals surface area contributed by atoms with Crippen LogP contribution in [0, 0.1) is 6.92 Å². The molecule has 0 amide bonds. The fraction of sp³-hybridized carbons (Fsp3) is 0.571. The molecule has 0 spiro atoms. The second kappa shape index (κ2) is 6.52. The summed E-state index contributed by atoms with van der Waals surface area (Å²) in [6, 6.07) is 3.19. The quantitative estimate of drug-likeness (QED) is 0.885. The molecule has 0 radical (unpaired) electrons. The average molecular weight is 333 g/mol. The number of aryl methyl sites for hydroxylation is 1. The van der Waals surface area contributed by atoms with E-state index >= 15 is 0 Å². The number of methoxy groups -OCH3 is 1. The third-order valence-corrected chi connectivity index (χ3v) is 5.79. The van der Waals surface area contributed by atoms with Crippen molar-refractivity contribution in [3.8, 4) is 5.75 Å². The molecule has 2 rings (SSSR count). The Morgan fingerprint density at radius 3 is 2.48 bits per heavy atom. The molecule has 7 heteroatoms. The zero-order valence-electron chi connectivity index (χ0n) is 12.2. The van der Waals surface area contributed by atoms with Gasteiger partial charge in [0.25, 0.3) is 0 Å². The van der Waals surface area contributed by atoms with Gasteiger partial charge >= 0.3 is 0 Å². The van der Waals surface area contributed by atoms with E-state index in [1.807, 2.05) is 0 Å². The van der Waals surface area contributed by atoms with Crippen LogP contribution >= 0.6 is 11.6 Å². The lowest BCUT2D eigenvalue weighted by molar-refractivity contribution is 0.373. The zero-order chi connectivity index (χ0) is 15.6. The van der Waals surface area contributed by atoms with Crippen molar-refractivity contribution >= 4 is 21.6 Å². The normalized spacial score (nSPS) is 23.0. The monoisotopic (exact) mass is 332 g/mol. The summed E-state index contributed by atoms with van der Waals surface area (Å²) in [5, 5.41) is 0.286. The van der Waals surface area contributed by atoms with E-state index in [0.717, 1.165) is 25.7 Å². The molecule has 1 aromatic rings. The predicted octanol–water partition coefficient (Wildman–Crippen LogP) is 2.21. The highest BCUT2D eigenvalue weighted by atomic mass is 35.5. The van der Waals surface area contributed by atoms with E-state index in [2.05, 4.69) is 4.72 Å². The predicted molar refractivity (Wildman–Crippen MR) is 83.3 cm³/mol. The number of sulfonamides is 1. The minimum Gasteiger partial charge on any atom is -0.495 e. The number of hydrogen-bond donors (Lipinski definition) is 2. The lowest BCUT2D eigenvalue weighted by Crippen LogP contribution is -2.40. The maximum atomic E-state index is 12.5. The van der Waals surface area contributed by atoms with Crippen molar-refractivity contribution in [1.82, 2.24) is 4.72 Å². The summed E-state index contributed by atoms with van der Waals surface area (Å²) in [4.78, 5) is 0.197. The SMILES string of the molecule is COc1cc(C)c(S(=O)(=O)NC2CCC(N)CC2)cc1Cl. The van der Waals surface area contributed by atoms with E-state index in [-0.39, 0.29) is 22.0 Å². The van der Waals surface area contributed by atoms with Crippen LogP contribution in [0.25, 0.3) is 0 Å². The van der Waals surface area contributed by atoms with Crippen molar-refractivity contribution in [3.63, 3.8) is 0 Å². The van der Waals surface area contributed by atoms with E-state index in [9.17, 15) is 8.42 Å². The fourth-order valence-electron chi connectivity index (χ4n) is 2.60. The van der Waals surface area contributed by atoms with Crippen molar-refractivity contribution in [1.29, 1.82) is 0 Å². The Morgan fingerprint density at radius 2 is 1.90 bits per heavy atom. The van der Waals surface area contributed by atoms with Crippen molar-refractivity contribution in [2.24, 2.45) is 5.73 Å². The summed E-state index contributed by atoms with van der Waals surface area (Å²) < 4.78 is 32.9. The van der Waals surface area contributed by atoms with E-state index in [4.69, 9.17) is 22.1 Å². The summed E-state index contributed by atoms with van der Waals surface area (Å²) in [7, 11) is -2.09. The standard InChI is InChI=1S/C14H21ClN2O3S/c1-9-7-13(20-2)12(15)8-14(9)21(18,19)17-11-5-3-10(16)4-6-11/h7-8,10-11,17H,3-6,16H2,1-2H3. The first kappa shape index (κ1) is 16.5. The molecule has 1 aliphatic carbocycles. The molecule has 0 aliphatic heterocycles. The second-order valence-corrected chi connectivity index (χ2v) is 7.57. The van der Waals surface area contributed by atoms with Crippen molar-refractivity contribution < 1.29 is 13.2 Å². The first-order valence-electron chi connectivity index (χ1n) is 6.95. The first-order chi connectivity index (χ1) is 9.83. The number of halogens is 1. The third kappa shape index (κ3) is 3.88. The van der Waals surface area contributed by atoms with Crippen LogP contribution in [0.4, 0.5) is 0 Å². The van der Waals surface area contributed by atoms with Crippen molar-refractivity contribution in [2.75, 3.05) is 7.11 Å². The largest absolute Gasteiger partial charge is 0.495 e. The van der Waals surface area contributed by atoms with Gasteiger partial charge in [-0.25, -0.2) is 13.1 Å². The molecule has 1 aliphatic rings. The number of rotatable bonds is 4. The lowest BCUT2D eigenvalue weighted by atomic mass is 9.93. The van der Waals surface area contributed by atoms with Crippen molar-refractivity contribution in [3.05, 3.63) is 22.7 Å². The highest BCUT2D eigenvalue weighted by molar-refractivity contribution is 7.89. The molecular formula is C14H21ClN2O3S. The Morgan fingerprint density at radius 1 is 1.29 bits per heavy atom. The van der Waals surface area contributed by atoms with Crippen LogP contribution in [0.3, 0.4) is 0 Å². The average Bonchev–Trinajstić information content (AvgIpc) is 2.43. The third-order valence-electron chi connectivity index (χ3n) is 3.83. The van der Waals surface area contributed by atoms with Crippen LogP contribution in [0.1, 0.15) is 31.2 Å². The number of benzene rings is 1. The van der Waals surface area contributed by atoms with Crippen molar-refractivity contribution in [2.45, 2.75) is 49.6 Å². The highest BCUT2D eigenvalue weighted by Gasteiger charge is 2.26. The number of ether oxygens (including phenoxy) is 1. The molecule has 5 nitrogen and oxygen atoms in total. The molecule has 118 valence electrons. The number of hydrogen-bond acceptors (Lipinski definition) is 4. The van der Waals surface area contributed by atoms with Crippen LogP contribution < -0.4 is 15.2 Å². The number of nitrogens with two attached hydrogens (primary N) is 1. The molecule has 0 unspecified atom stereocenters. The Labute approximate surface area is 130 Å². The zero-order valence-corrected chi connectivity index (χ0v) is 13.8. The van der Waals surface area contributed by atoms with Gasteiger partial charge in [0.1, 0.15) is 5.75 Å². The van der Waals surface area contributed by atoms with Gasteiger partial charge in [0.05, 0.1) is 17.0 Å². The maximum Gasteiger partial charge on any atom is 0.241 e.